The van der Waals surface area contributed by atoms with E-state index in [-0.39, 0.29) is 29.4 Å². The molecule has 1 aromatic heterocycles. The van der Waals surface area contributed by atoms with Crippen molar-refractivity contribution >= 4 is 28.6 Å². The van der Waals surface area contributed by atoms with Gasteiger partial charge in [0.25, 0.3) is 5.56 Å². The quantitative estimate of drug-likeness (QED) is 0.291. The zero-order valence-electron chi connectivity index (χ0n) is 19.0. The third kappa shape index (κ3) is 5.33. The molecule has 2 aromatic carbocycles. The summed E-state index contributed by atoms with van der Waals surface area (Å²) in [4.78, 5) is 30.9. The van der Waals surface area contributed by atoms with Gasteiger partial charge in [-0.15, -0.1) is 0 Å². The van der Waals surface area contributed by atoms with Crippen LogP contribution in [0.15, 0.2) is 58.5 Å². The summed E-state index contributed by atoms with van der Waals surface area (Å²) in [7, 11) is 0. The summed E-state index contributed by atoms with van der Waals surface area (Å²) in [6.07, 6.45) is 2.23. The van der Waals surface area contributed by atoms with Gasteiger partial charge in [0, 0.05) is 6.54 Å². The smallest absolute Gasteiger partial charge is 0.262 e. The highest BCUT2D eigenvalue weighted by molar-refractivity contribution is 8.00. The minimum absolute atomic E-state index is 0.0314. The van der Waals surface area contributed by atoms with Crippen LogP contribution in [0.4, 0.5) is 0 Å². The number of carbonyl (C=O) groups excluding carboxylic acids is 1. The summed E-state index contributed by atoms with van der Waals surface area (Å²) in [6, 6.07) is 14.8. The second kappa shape index (κ2) is 10.7. The lowest BCUT2D eigenvalue weighted by Crippen LogP contribution is -2.38. The molecule has 7 nitrogen and oxygen atoms in total. The van der Waals surface area contributed by atoms with Crippen molar-refractivity contribution in [1.29, 1.82) is 0 Å². The number of thioether (sulfide) groups is 1. The van der Waals surface area contributed by atoms with Crippen LogP contribution in [-0.2, 0) is 11.3 Å². The SMILES string of the molecule is CCCCNC(=O)C(CC)Sc1nc2ccccc2c(=O)n1CC1COc2ccccc2O1. The Bertz CT molecular complexity index is 1180. The molecule has 0 spiro atoms. The molecule has 0 aliphatic carbocycles. The second-order valence-corrected chi connectivity index (χ2v) is 9.15. The van der Waals surface area contributed by atoms with E-state index in [2.05, 4.69) is 12.2 Å². The first-order valence-electron chi connectivity index (χ1n) is 11.4. The minimum Gasteiger partial charge on any atom is -0.486 e. The Morgan fingerprint density at radius 3 is 2.73 bits per heavy atom. The molecule has 0 saturated heterocycles. The van der Waals surface area contributed by atoms with Gasteiger partial charge in [-0.3, -0.25) is 14.2 Å². The number of nitrogens with zero attached hydrogens (tertiary/aromatic N) is 2. The Balaban J connectivity index is 1.63. The predicted molar refractivity (Wildman–Crippen MR) is 130 cm³/mol. The summed E-state index contributed by atoms with van der Waals surface area (Å²) in [5.41, 5.74) is 0.473. The molecule has 1 aliphatic heterocycles. The van der Waals surface area contributed by atoms with Gasteiger partial charge in [0.2, 0.25) is 5.91 Å². The van der Waals surface area contributed by atoms with Gasteiger partial charge in [0.05, 0.1) is 22.7 Å². The summed E-state index contributed by atoms with van der Waals surface area (Å²) in [6.45, 7) is 5.31. The molecule has 0 saturated carbocycles. The molecule has 1 amide bonds. The number of hydrogen-bond acceptors (Lipinski definition) is 6. The van der Waals surface area contributed by atoms with Crippen molar-refractivity contribution < 1.29 is 14.3 Å². The van der Waals surface area contributed by atoms with Crippen LogP contribution >= 0.6 is 11.8 Å². The number of hydrogen-bond donors (Lipinski definition) is 1. The number of rotatable bonds is 9. The van der Waals surface area contributed by atoms with Gasteiger partial charge in [-0.25, -0.2) is 4.98 Å². The molecule has 0 bridgehead atoms. The first-order chi connectivity index (χ1) is 16.1. The van der Waals surface area contributed by atoms with Gasteiger partial charge in [-0.1, -0.05) is 56.3 Å². The number of nitrogens with one attached hydrogen (secondary N) is 1. The molecule has 2 unspecified atom stereocenters. The maximum atomic E-state index is 13.4. The predicted octanol–water partition coefficient (Wildman–Crippen LogP) is 4.02. The van der Waals surface area contributed by atoms with E-state index in [0.717, 1.165) is 12.8 Å². The molecule has 1 N–H and O–H groups in total. The van der Waals surface area contributed by atoms with Crippen molar-refractivity contribution in [2.75, 3.05) is 13.2 Å². The normalized spacial score (nSPS) is 15.9. The van der Waals surface area contributed by atoms with Crippen LogP contribution < -0.4 is 20.3 Å². The number of aromatic nitrogens is 2. The van der Waals surface area contributed by atoms with E-state index in [9.17, 15) is 9.59 Å². The monoisotopic (exact) mass is 467 g/mol. The molecule has 8 heteroatoms. The van der Waals surface area contributed by atoms with E-state index in [4.69, 9.17) is 14.5 Å². The van der Waals surface area contributed by atoms with Gasteiger partial charge in [0.15, 0.2) is 22.8 Å². The average Bonchev–Trinajstić information content (AvgIpc) is 2.84. The lowest BCUT2D eigenvalue weighted by molar-refractivity contribution is -0.120. The number of carbonyl (C=O) groups is 1. The van der Waals surface area contributed by atoms with Crippen molar-refractivity contribution in [2.24, 2.45) is 0 Å². The molecule has 2 atom stereocenters. The molecule has 0 radical (unpaired) electrons. The number of amides is 1. The zero-order chi connectivity index (χ0) is 23.2. The Morgan fingerprint density at radius 1 is 1.18 bits per heavy atom. The second-order valence-electron chi connectivity index (χ2n) is 7.98. The zero-order valence-corrected chi connectivity index (χ0v) is 19.8. The van der Waals surface area contributed by atoms with E-state index in [0.29, 0.717) is 47.1 Å². The van der Waals surface area contributed by atoms with Crippen molar-refractivity contribution in [3.05, 3.63) is 58.9 Å². The molecule has 2 heterocycles. The van der Waals surface area contributed by atoms with Crippen LogP contribution in [0.5, 0.6) is 11.5 Å². The fraction of sp³-hybridized carbons (Fsp3) is 0.400. The van der Waals surface area contributed by atoms with Crippen LogP contribution in [0.25, 0.3) is 10.9 Å². The van der Waals surface area contributed by atoms with E-state index in [1.165, 1.54) is 11.8 Å². The molecule has 1 aliphatic rings. The van der Waals surface area contributed by atoms with Crippen LogP contribution in [0, 0.1) is 0 Å². The highest BCUT2D eigenvalue weighted by Crippen LogP contribution is 2.32. The topological polar surface area (TPSA) is 82.5 Å². The summed E-state index contributed by atoms with van der Waals surface area (Å²) < 4.78 is 13.6. The fourth-order valence-electron chi connectivity index (χ4n) is 3.71. The van der Waals surface area contributed by atoms with Crippen molar-refractivity contribution in [1.82, 2.24) is 14.9 Å². The van der Waals surface area contributed by atoms with Gasteiger partial charge >= 0.3 is 0 Å². The van der Waals surface area contributed by atoms with Crippen LogP contribution in [-0.4, -0.2) is 40.0 Å². The van der Waals surface area contributed by atoms with Crippen LogP contribution in [0.1, 0.15) is 33.1 Å². The Labute approximate surface area is 197 Å². The van der Waals surface area contributed by atoms with E-state index in [1.54, 1.807) is 10.6 Å². The molecule has 4 rings (SSSR count). The van der Waals surface area contributed by atoms with Crippen molar-refractivity contribution in [3.63, 3.8) is 0 Å². The third-order valence-corrected chi connectivity index (χ3v) is 6.88. The Morgan fingerprint density at radius 2 is 1.94 bits per heavy atom. The molecule has 174 valence electrons. The molecule has 33 heavy (non-hydrogen) atoms. The van der Waals surface area contributed by atoms with E-state index < -0.39 is 0 Å². The van der Waals surface area contributed by atoms with Gasteiger partial charge in [-0.2, -0.15) is 0 Å². The first kappa shape index (κ1) is 23.2. The summed E-state index contributed by atoms with van der Waals surface area (Å²) >= 11 is 1.33. The van der Waals surface area contributed by atoms with Gasteiger partial charge < -0.3 is 14.8 Å². The molecular formula is C25H29N3O4S. The lowest BCUT2D eigenvalue weighted by atomic mass is 10.2. The Hall–Kier alpha value is -3.00. The largest absolute Gasteiger partial charge is 0.486 e. The third-order valence-electron chi connectivity index (χ3n) is 5.52. The Kier molecular flexibility index (Phi) is 7.54. The van der Waals surface area contributed by atoms with Crippen molar-refractivity contribution in [2.45, 2.75) is 56.2 Å². The van der Waals surface area contributed by atoms with E-state index >= 15 is 0 Å². The van der Waals surface area contributed by atoms with Gasteiger partial charge in [0.1, 0.15) is 6.61 Å². The number of para-hydroxylation sites is 3. The highest BCUT2D eigenvalue weighted by atomic mass is 32.2. The standard InChI is InChI=1S/C25H29N3O4S/c1-3-5-14-26-23(29)22(4-2)33-25-27-19-11-7-6-10-18(19)24(30)28(25)15-17-16-31-20-12-8-9-13-21(20)32-17/h6-13,17,22H,3-5,14-16H2,1-2H3,(H,26,29). The number of benzene rings is 2. The minimum atomic E-state index is -0.349. The number of unbranched alkanes of at least 4 members (excludes halogenated alkanes) is 1. The van der Waals surface area contributed by atoms with Crippen LogP contribution in [0.3, 0.4) is 0 Å². The fourth-order valence-corrected chi connectivity index (χ4v) is 4.75. The van der Waals surface area contributed by atoms with E-state index in [1.807, 2.05) is 49.4 Å². The maximum absolute atomic E-state index is 13.4. The maximum Gasteiger partial charge on any atom is 0.262 e. The highest BCUT2D eigenvalue weighted by Gasteiger charge is 2.26. The van der Waals surface area contributed by atoms with Gasteiger partial charge in [-0.05, 0) is 37.1 Å². The number of ether oxygens (including phenoxy) is 2. The summed E-state index contributed by atoms with van der Waals surface area (Å²) in [5.74, 6) is 1.32. The average molecular weight is 468 g/mol. The lowest BCUT2D eigenvalue weighted by Gasteiger charge is -2.27. The molecule has 0 fully saturated rings. The first-order valence-corrected chi connectivity index (χ1v) is 12.3. The molecular weight excluding hydrogens is 438 g/mol. The van der Waals surface area contributed by atoms with Crippen LogP contribution in [0.2, 0.25) is 0 Å². The van der Waals surface area contributed by atoms with Crippen molar-refractivity contribution in [3.8, 4) is 11.5 Å². The number of fused-ring (bicyclic) bond motifs is 2. The summed E-state index contributed by atoms with van der Waals surface area (Å²) in [5, 5.41) is 3.71. The molecule has 3 aromatic rings.